The summed E-state index contributed by atoms with van der Waals surface area (Å²) in [6, 6.07) is 12.2. The van der Waals surface area contributed by atoms with E-state index in [4.69, 9.17) is 4.52 Å². The molecular weight excluding hydrogens is 418 g/mol. The molecule has 2 saturated heterocycles. The predicted molar refractivity (Wildman–Crippen MR) is 127 cm³/mol. The van der Waals surface area contributed by atoms with Crippen LogP contribution in [0.1, 0.15) is 31.1 Å². The van der Waals surface area contributed by atoms with Crippen molar-refractivity contribution < 1.29 is 14.1 Å². The number of carbonyl (C=O) groups excluding carboxylic acids is 2. The van der Waals surface area contributed by atoms with Crippen LogP contribution < -0.4 is 5.32 Å². The molecule has 2 aliphatic heterocycles. The molecule has 1 N–H and O–H groups in total. The van der Waals surface area contributed by atoms with Gasteiger partial charge in [-0.2, -0.15) is 0 Å². The van der Waals surface area contributed by atoms with Crippen molar-refractivity contribution in [1.82, 2.24) is 19.9 Å². The number of nitrogens with one attached hydrogen (secondary N) is 1. The van der Waals surface area contributed by atoms with Crippen LogP contribution in [0.4, 0.5) is 5.82 Å². The van der Waals surface area contributed by atoms with Crippen molar-refractivity contribution >= 4 is 17.6 Å². The average molecular weight is 454 g/mol. The normalized spacial score (nSPS) is 19.4. The van der Waals surface area contributed by atoms with Gasteiger partial charge in [-0.25, -0.2) is 0 Å². The van der Waals surface area contributed by atoms with Crippen LogP contribution >= 0.6 is 0 Å². The van der Waals surface area contributed by atoms with Crippen LogP contribution in [-0.4, -0.2) is 83.5 Å². The number of nitrogens with zero attached hydrogens (tertiary/aromatic N) is 4. The number of piperidine rings is 1. The van der Waals surface area contributed by atoms with Crippen molar-refractivity contribution in [3.05, 3.63) is 47.7 Å². The summed E-state index contributed by atoms with van der Waals surface area (Å²) in [7, 11) is 0. The highest BCUT2D eigenvalue weighted by molar-refractivity contribution is 5.91. The molecule has 2 fully saturated rings. The van der Waals surface area contributed by atoms with Crippen molar-refractivity contribution in [2.75, 3.05) is 51.1 Å². The Morgan fingerprint density at radius 3 is 2.42 bits per heavy atom. The van der Waals surface area contributed by atoms with E-state index in [-0.39, 0.29) is 17.9 Å². The molecule has 3 heterocycles. The zero-order valence-corrected chi connectivity index (χ0v) is 19.7. The lowest BCUT2D eigenvalue weighted by atomic mass is 9.90. The van der Waals surface area contributed by atoms with E-state index in [1.165, 1.54) is 5.56 Å². The predicted octanol–water partition coefficient (Wildman–Crippen LogP) is 2.41. The summed E-state index contributed by atoms with van der Waals surface area (Å²) in [4.78, 5) is 31.8. The lowest BCUT2D eigenvalue weighted by molar-refractivity contribution is -0.138. The van der Waals surface area contributed by atoms with E-state index in [2.05, 4.69) is 50.6 Å². The molecule has 0 radical (unpaired) electrons. The Hall–Kier alpha value is -2.71. The number of amides is 2. The highest BCUT2D eigenvalue weighted by Gasteiger charge is 2.31. The third-order valence-electron chi connectivity index (χ3n) is 6.87. The third-order valence-corrected chi connectivity index (χ3v) is 6.87. The van der Waals surface area contributed by atoms with E-state index in [0.717, 1.165) is 58.5 Å². The largest absolute Gasteiger partial charge is 0.360 e. The molecule has 0 aliphatic carbocycles. The lowest BCUT2D eigenvalue weighted by Crippen LogP contribution is -2.56. The fourth-order valence-corrected chi connectivity index (χ4v) is 4.84. The summed E-state index contributed by atoms with van der Waals surface area (Å²) < 4.78 is 4.98. The first kappa shape index (κ1) is 23.4. The first-order chi connectivity index (χ1) is 16.0. The summed E-state index contributed by atoms with van der Waals surface area (Å²) >= 11 is 0. The Labute approximate surface area is 195 Å². The van der Waals surface area contributed by atoms with Crippen molar-refractivity contribution in [2.24, 2.45) is 5.92 Å². The summed E-state index contributed by atoms with van der Waals surface area (Å²) in [6.45, 7) is 8.93. The number of carbonyl (C=O) groups is 2. The Bertz CT molecular complexity index is 915. The molecule has 0 spiro atoms. The second kappa shape index (κ2) is 10.9. The maximum absolute atomic E-state index is 13.1. The molecule has 1 aromatic carbocycles. The van der Waals surface area contributed by atoms with Crippen molar-refractivity contribution in [3.8, 4) is 0 Å². The van der Waals surface area contributed by atoms with Crippen molar-refractivity contribution in [3.63, 3.8) is 0 Å². The van der Waals surface area contributed by atoms with Gasteiger partial charge in [-0.1, -0.05) is 35.5 Å². The van der Waals surface area contributed by atoms with E-state index in [1.54, 1.807) is 13.0 Å². The van der Waals surface area contributed by atoms with E-state index in [1.807, 2.05) is 11.8 Å². The Morgan fingerprint density at radius 2 is 1.79 bits per heavy atom. The number of piperazine rings is 1. The molecule has 4 rings (SSSR count). The van der Waals surface area contributed by atoms with Gasteiger partial charge in [0.2, 0.25) is 11.8 Å². The van der Waals surface area contributed by atoms with E-state index in [0.29, 0.717) is 24.0 Å². The zero-order valence-electron chi connectivity index (χ0n) is 19.7. The first-order valence-corrected chi connectivity index (χ1v) is 12.0. The maximum atomic E-state index is 13.1. The van der Waals surface area contributed by atoms with Gasteiger partial charge in [0.1, 0.15) is 5.76 Å². The number of rotatable bonds is 7. The topological polar surface area (TPSA) is 81.9 Å². The molecule has 1 aromatic heterocycles. The maximum Gasteiger partial charge on any atom is 0.239 e. The summed E-state index contributed by atoms with van der Waals surface area (Å²) in [6.07, 6.45) is 3.24. The molecule has 2 aromatic rings. The van der Waals surface area contributed by atoms with Gasteiger partial charge in [0.05, 0.1) is 12.6 Å². The summed E-state index contributed by atoms with van der Waals surface area (Å²) in [5.41, 5.74) is 1.39. The van der Waals surface area contributed by atoms with Gasteiger partial charge >= 0.3 is 0 Å². The number of aryl methyl sites for hydroxylation is 1. The van der Waals surface area contributed by atoms with Crippen LogP contribution in [0.3, 0.4) is 0 Å². The van der Waals surface area contributed by atoms with Gasteiger partial charge in [-0.15, -0.1) is 0 Å². The zero-order chi connectivity index (χ0) is 23.2. The highest BCUT2D eigenvalue weighted by Crippen LogP contribution is 2.23. The molecule has 33 heavy (non-hydrogen) atoms. The monoisotopic (exact) mass is 453 g/mol. The second-order valence-electron chi connectivity index (χ2n) is 9.32. The van der Waals surface area contributed by atoms with Gasteiger partial charge < -0.3 is 14.7 Å². The number of benzene rings is 1. The minimum atomic E-state index is -0.121. The molecule has 8 nitrogen and oxygen atoms in total. The minimum absolute atomic E-state index is 0.0979. The highest BCUT2D eigenvalue weighted by atomic mass is 16.5. The third kappa shape index (κ3) is 6.42. The molecule has 0 unspecified atom stereocenters. The van der Waals surface area contributed by atoms with Crippen LogP contribution in [0.5, 0.6) is 0 Å². The van der Waals surface area contributed by atoms with Gasteiger partial charge in [-0.3, -0.25) is 19.4 Å². The molecule has 0 bridgehead atoms. The summed E-state index contributed by atoms with van der Waals surface area (Å²) in [5.74, 6) is 1.91. The van der Waals surface area contributed by atoms with E-state index < -0.39 is 0 Å². The Kier molecular flexibility index (Phi) is 7.77. The molecule has 2 aliphatic rings. The quantitative estimate of drug-likeness (QED) is 0.693. The van der Waals surface area contributed by atoms with Crippen molar-refractivity contribution in [2.45, 2.75) is 39.2 Å². The molecule has 178 valence electrons. The van der Waals surface area contributed by atoms with E-state index in [9.17, 15) is 9.59 Å². The molecule has 8 heteroatoms. The molecule has 2 amide bonds. The van der Waals surface area contributed by atoms with Gasteiger partial charge in [0.25, 0.3) is 0 Å². The second-order valence-corrected chi connectivity index (χ2v) is 9.32. The first-order valence-electron chi connectivity index (χ1n) is 12.0. The van der Waals surface area contributed by atoms with Gasteiger partial charge in [0.15, 0.2) is 5.82 Å². The fourth-order valence-electron chi connectivity index (χ4n) is 4.84. The molecular formula is C25H35N5O3. The standard InChI is InChI=1S/C25H35N5O3/c1-19-16-23(27-33-19)26-24(31)18-28-12-14-29(15-13-28)20(2)25(32)30-10-8-22(9-11-30)17-21-6-4-3-5-7-21/h3-7,16,20,22H,8-15,17-18H2,1-2H3,(H,26,27,31)/t20-/m0/s1. The number of hydrogen-bond acceptors (Lipinski definition) is 6. The van der Waals surface area contributed by atoms with E-state index >= 15 is 0 Å². The van der Waals surface area contributed by atoms with Crippen LogP contribution in [0.15, 0.2) is 40.9 Å². The van der Waals surface area contributed by atoms with Crippen LogP contribution in [-0.2, 0) is 16.0 Å². The average Bonchev–Trinajstić information content (AvgIpc) is 3.24. The lowest BCUT2D eigenvalue weighted by Gasteiger charge is -2.40. The Morgan fingerprint density at radius 1 is 1.09 bits per heavy atom. The number of likely N-dealkylation sites (tertiary alicyclic amines) is 1. The molecule has 0 saturated carbocycles. The van der Waals surface area contributed by atoms with Crippen LogP contribution in [0, 0.1) is 12.8 Å². The van der Waals surface area contributed by atoms with Gasteiger partial charge in [0, 0.05) is 45.3 Å². The summed E-state index contributed by atoms with van der Waals surface area (Å²) in [5, 5.41) is 6.56. The Balaban J connectivity index is 1.17. The number of hydrogen-bond donors (Lipinski definition) is 1. The SMILES string of the molecule is Cc1cc(NC(=O)CN2CCN([C@@H](C)C(=O)N3CCC(Cc4ccccc4)CC3)CC2)no1. The van der Waals surface area contributed by atoms with Gasteiger partial charge in [-0.05, 0) is 44.6 Å². The molecule has 1 atom stereocenters. The van der Waals surface area contributed by atoms with Crippen molar-refractivity contribution in [1.29, 1.82) is 0 Å². The van der Waals surface area contributed by atoms with Crippen LogP contribution in [0.25, 0.3) is 0 Å². The number of anilines is 1. The number of aromatic nitrogens is 1. The fraction of sp³-hybridized carbons (Fsp3) is 0.560. The smallest absolute Gasteiger partial charge is 0.239 e. The van der Waals surface area contributed by atoms with Crippen LogP contribution in [0.2, 0.25) is 0 Å². The minimum Gasteiger partial charge on any atom is -0.360 e.